The lowest BCUT2D eigenvalue weighted by atomic mass is 10.2. The van der Waals surface area contributed by atoms with Gasteiger partial charge in [0.15, 0.2) is 9.84 Å². The van der Waals surface area contributed by atoms with E-state index in [0.717, 1.165) is 31.8 Å². The van der Waals surface area contributed by atoms with Crippen LogP contribution in [-0.4, -0.2) is 40.5 Å². The fourth-order valence-corrected chi connectivity index (χ4v) is 3.35. The molecule has 0 spiro atoms. The first-order chi connectivity index (χ1) is 9.38. The van der Waals surface area contributed by atoms with Gasteiger partial charge in [0.25, 0.3) is 0 Å². The Morgan fingerprint density at radius 2 is 2.05 bits per heavy atom. The van der Waals surface area contributed by atoms with Gasteiger partial charge >= 0.3 is 0 Å². The van der Waals surface area contributed by atoms with Gasteiger partial charge in [0, 0.05) is 26.0 Å². The van der Waals surface area contributed by atoms with E-state index < -0.39 is 9.84 Å². The van der Waals surface area contributed by atoms with Gasteiger partial charge in [0.2, 0.25) is 0 Å². The summed E-state index contributed by atoms with van der Waals surface area (Å²) in [6.45, 7) is 6.62. The summed E-state index contributed by atoms with van der Waals surface area (Å²) in [5, 5.41) is 0. The molecule has 112 valence electrons. The average Bonchev–Trinajstić information content (AvgIpc) is 2.84. The second-order valence-corrected chi connectivity index (χ2v) is 7.81. The molecule has 0 unspecified atom stereocenters. The number of ether oxygens (including phenoxy) is 1. The maximum Gasteiger partial charge on any atom is 0.177 e. The molecule has 0 radical (unpaired) electrons. The van der Waals surface area contributed by atoms with Gasteiger partial charge in [-0.15, -0.1) is 0 Å². The van der Waals surface area contributed by atoms with Crippen LogP contribution in [0.4, 0.5) is 5.69 Å². The zero-order valence-corrected chi connectivity index (χ0v) is 13.2. The van der Waals surface area contributed by atoms with E-state index in [4.69, 9.17) is 4.74 Å². The predicted octanol–water partition coefficient (Wildman–Crippen LogP) is 2.34. The van der Waals surface area contributed by atoms with Gasteiger partial charge in [-0.2, -0.15) is 0 Å². The molecule has 0 N–H and O–H groups in total. The van der Waals surface area contributed by atoms with Gasteiger partial charge in [0.1, 0.15) is 0 Å². The third kappa shape index (κ3) is 3.73. The third-order valence-electron chi connectivity index (χ3n) is 3.42. The molecule has 20 heavy (non-hydrogen) atoms. The molecule has 1 heterocycles. The molecule has 1 aliphatic rings. The number of nitrogens with zero attached hydrogens (tertiary/aromatic N) is 1. The molecule has 1 fully saturated rings. The van der Waals surface area contributed by atoms with Crippen molar-refractivity contribution < 1.29 is 13.2 Å². The van der Waals surface area contributed by atoms with Gasteiger partial charge in [-0.3, -0.25) is 0 Å². The van der Waals surface area contributed by atoms with E-state index in [1.54, 1.807) is 12.1 Å². The SMILES string of the molecule is CC(C)CO[C@H]1CCN(c2ccccc2S(C)(=O)=O)C1. The van der Waals surface area contributed by atoms with Gasteiger partial charge in [-0.1, -0.05) is 26.0 Å². The average molecular weight is 297 g/mol. The van der Waals surface area contributed by atoms with Crippen LogP contribution >= 0.6 is 0 Å². The molecule has 1 aromatic rings. The Morgan fingerprint density at radius 3 is 2.70 bits per heavy atom. The maximum atomic E-state index is 11.8. The lowest BCUT2D eigenvalue weighted by Gasteiger charge is -2.21. The molecule has 2 rings (SSSR count). The fourth-order valence-electron chi connectivity index (χ4n) is 2.44. The highest BCUT2D eigenvalue weighted by Gasteiger charge is 2.26. The highest BCUT2D eigenvalue weighted by atomic mass is 32.2. The van der Waals surface area contributed by atoms with Crippen molar-refractivity contribution in [2.45, 2.75) is 31.3 Å². The van der Waals surface area contributed by atoms with Crippen molar-refractivity contribution in [1.82, 2.24) is 0 Å². The zero-order chi connectivity index (χ0) is 14.8. The number of rotatable bonds is 5. The van der Waals surface area contributed by atoms with E-state index in [0.29, 0.717) is 10.8 Å². The largest absolute Gasteiger partial charge is 0.376 e. The monoisotopic (exact) mass is 297 g/mol. The maximum absolute atomic E-state index is 11.8. The molecule has 0 aliphatic carbocycles. The highest BCUT2D eigenvalue weighted by molar-refractivity contribution is 7.90. The van der Waals surface area contributed by atoms with E-state index in [1.165, 1.54) is 6.26 Å². The van der Waals surface area contributed by atoms with Gasteiger partial charge in [0.05, 0.1) is 16.7 Å². The number of hydrogen-bond acceptors (Lipinski definition) is 4. The first-order valence-corrected chi connectivity index (χ1v) is 8.92. The Bertz CT molecular complexity index is 554. The number of anilines is 1. The van der Waals surface area contributed by atoms with Crippen LogP contribution in [0.2, 0.25) is 0 Å². The van der Waals surface area contributed by atoms with E-state index in [2.05, 4.69) is 18.7 Å². The van der Waals surface area contributed by atoms with Gasteiger partial charge in [-0.05, 0) is 24.5 Å². The summed E-state index contributed by atoms with van der Waals surface area (Å²) in [5.41, 5.74) is 0.797. The summed E-state index contributed by atoms with van der Waals surface area (Å²) in [6, 6.07) is 7.20. The van der Waals surface area contributed by atoms with Crippen LogP contribution < -0.4 is 4.90 Å². The minimum Gasteiger partial charge on any atom is -0.376 e. The standard InChI is InChI=1S/C15H23NO3S/c1-12(2)11-19-13-8-9-16(10-13)14-6-4-5-7-15(14)20(3,17)18/h4-7,12-13H,8-11H2,1-3H3/t13-/m0/s1. The number of para-hydroxylation sites is 1. The molecule has 1 atom stereocenters. The van der Waals surface area contributed by atoms with Crippen LogP contribution in [0, 0.1) is 5.92 Å². The molecule has 0 saturated carbocycles. The van der Waals surface area contributed by atoms with Gasteiger partial charge < -0.3 is 9.64 Å². The smallest absolute Gasteiger partial charge is 0.177 e. The van der Waals surface area contributed by atoms with Crippen LogP contribution in [0.5, 0.6) is 0 Å². The molecule has 5 heteroatoms. The van der Waals surface area contributed by atoms with Crippen molar-refractivity contribution in [1.29, 1.82) is 0 Å². The molecule has 1 aromatic carbocycles. The van der Waals surface area contributed by atoms with Crippen molar-refractivity contribution >= 4 is 15.5 Å². The van der Waals surface area contributed by atoms with Crippen LogP contribution in [0.1, 0.15) is 20.3 Å². The topological polar surface area (TPSA) is 46.6 Å². The summed E-state index contributed by atoms with van der Waals surface area (Å²) < 4.78 is 29.5. The Hall–Kier alpha value is -1.07. The molecule has 1 aliphatic heterocycles. The quantitative estimate of drug-likeness (QED) is 0.837. The van der Waals surface area contributed by atoms with E-state index in [-0.39, 0.29) is 6.10 Å². The Morgan fingerprint density at radius 1 is 1.35 bits per heavy atom. The summed E-state index contributed by atoms with van der Waals surface area (Å²) >= 11 is 0. The molecular formula is C15H23NO3S. The molecule has 0 amide bonds. The Labute approximate surface area is 121 Å². The Balaban J connectivity index is 2.11. The van der Waals surface area contributed by atoms with Crippen LogP contribution in [0.15, 0.2) is 29.2 Å². The highest BCUT2D eigenvalue weighted by Crippen LogP contribution is 2.28. The van der Waals surface area contributed by atoms with Crippen molar-refractivity contribution in [2.75, 3.05) is 30.9 Å². The minimum atomic E-state index is -3.20. The van der Waals surface area contributed by atoms with Crippen LogP contribution in [0.3, 0.4) is 0 Å². The normalized spacial score (nSPS) is 19.8. The summed E-state index contributed by atoms with van der Waals surface area (Å²) in [6.07, 6.45) is 2.41. The lowest BCUT2D eigenvalue weighted by Crippen LogP contribution is -2.25. The van der Waals surface area contributed by atoms with Crippen molar-refractivity contribution in [3.05, 3.63) is 24.3 Å². The molecule has 0 aromatic heterocycles. The van der Waals surface area contributed by atoms with Crippen LogP contribution in [0.25, 0.3) is 0 Å². The molecule has 0 bridgehead atoms. The van der Waals surface area contributed by atoms with E-state index >= 15 is 0 Å². The zero-order valence-electron chi connectivity index (χ0n) is 12.4. The summed E-state index contributed by atoms with van der Waals surface area (Å²) in [4.78, 5) is 2.52. The second-order valence-electron chi connectivity index (χ2n) is 5.82. The number of benzene rings is 1. The van der Waals surface area contributed by atoms with Crippen molar-refractivity contribution in [2.24, 2.45) is 5.92 Å². The summed E-state index contributed by atoms with van der Waals surface area (Å²) in [5.74, 6) is 0.521. The van der Waals surface area contributed by atoms with E-state index in [1.807, 2.05) is 12.1 Å². The number of hydrogen-bond donors (Lipinski definition) is 0. The predicted molar refractivity (Wildman–Crippen MR) is 81.0 cm³/mol. The number of sulfone groups is 1. The molecular weight excluding hydrogens is 274 g/mol. The minimum absolute atomic E-state index is 0.199. The third-order valence-corrected chi connectivity index (χ3v) is 4.56. The van der Waals surface area contributed by atoms with Crippen molar-refractivity contribution in [3.8, 4) is 0 Å². The van der Waals surface area contributed by atoms with Crippen LogP contribution in [-0.2, 0) is 14.6 Å². The second kappa shape index (κ2) is 6.14. The lowest BCUT2D eigenvalue weighted by molar-refractivity contribution is 0.0497. The first-order valence-electron chi connectivity index (χ1n) is 7.03. The molecule has 4 nitrogen and oxygen atoms in total. The Kier molecular flexibility index (Phi) is 4.70. The van der Waals surface area contributed by atoms with E-state index in [9.17, 15) is 8.42 Å². The van der Waals surface area contributed by atoms with Gasteiger partial charge in [-0.25, -0.2) is 8.42 Å². The fraction of sp³-hybridized carbons (Fsp3) is 0.600. The van der Waals surface area contributed by atoms with Crippen molar-refractivity contribution in [3.63, 3.8) is 0 Å². The summed E-state index contributed by atoms with van der Waals surface area (Å²) in [7, 11) is -3.20. The first kappa shape index (κ1) is 15.3. The molecule has 1 saturated heterocycles.